The number of aliphatic imine (C=N–C) groups is 1. The molecule has 1 aliphatic rings. The van der Waals surface area contributed by atoms with Crippen molar-refractivity contribution in [3.8, 4) is 5.75 Å². The quantitative estimate of drug-likeness (QED) is 0.375. The minimum absolute atomic E-state index is 0.140. The molecular formula is C18H24FNO7P2. The second kappa shape index (κ2) is 8.64. The molecule has 2 N–H and O–H groups in total. The Labute approximate surface area is 168 Å². The Morgan fingerprint density at radius 3 is 2.66 bits per heavy atom. The molecule has 4 unspecified atom stereocenters. The Morgan fingerprint density at radius 2 is 2.10 bits per heavy atom. The van der Waals surface area contributed by atoms with E-state index in [-0.39, 0.29) is 11.3 Å². The van der Waals surface area contributed by atoms with Crippen LogP contribution in [-0.4, -0.2) is 35.6 Å². The van der Waals surface area contributed by atoms with Crippen LogP contribution in [0, 0.1) is 12.7 Å². The van der Waals surface area contributed by atoms with Crippen LogP contribution in [0.15, 0.2) is 41.1 Å². The van der Waals surface area contributed by atoms with Crippen LogP contribution in [0.2, 0.25) is 0 Å². The van der Waals surface area contributed by atoms with Gasteiger partial charge in [-0.15, -0.1) is 0 Å². The molecule has 0 aliphatic carbocycles. The lowest BCUT2D eigenvalue weighted by atomic mass is 10.1. The van der Waals surface area contributed by atoms with Gasteiger partial charge in [-0.05, 0) is 38.3 Å². The SMILES string of the molecule is C=NC=CC=C(C)CC1(O)P(C)(=O)OC(c2c(C)ccc(OC)c2F)OP1(=O)O. The van der Waals surface area contributed by atoms with Gasteiger partial charge in [0.05, 0.1) is 12.7 Å². The van der Waals surface area contributed by atoms with E-state index < -0.39 is 38.6 Å². The zero-order valence-electron chi connectivity index (χ0n) is 16.5. The van der Waals surface area contributed by atoms with Crippen molar-refractivity contribution >= 4 is 21.7 Å². The third kappa shape index (κ3) is 4.45. The summed E-state index contributed by atoms with van der Waals surface area (Å²) < 4.78 is 56.3. The molecule has 1 saturated heterocycles. The number of nitrogens with zero attached hydrogens (tertiary/aromatic N) is 1. The average molecular weight is 447 g/mol. The second-order valence-corrected chi connectivity index (χ2v) is 11.7. The van der Waals surface area contributed by atoms with Gasteiger partial charge in [-0.3, -0.25) is 23.2 Å². The van der Waals surface area contributed by atoms with Crippen LogP contribution >= 0.6 is 15.0 Å². The highest BCUT2D eigenvalue weighted by atomic mass is 31.2. The van der Waals surface area contributed by atoms with E-state index in [1.165, 1.54) is 44.5 Å². The molecule has 0 amide bonds. The molecule has 0 spiro atoms. The first-order valence-corrected chi connectivity index (χ1v) is 12.2. The van der Waals surface area contributed by atoms with E-state index in [4.69, 9.17) is 13.8 Å². The minimum Gasteiger partial charge on any atom is -0.494 e. The van der Waals surface area contributed by atoms with Gasteiger partial charge in [-0.1, -0.05) is 17.7 Å². The highest BCUT2D eigenvalue weighted by molar-refractivity contribution is 7.76. The van der Waals surface area contributed by atoms with Crippen molar-refractivity contribution in [1.29, 1.82) is 0 Å². The van der Waals surface area contributed by atoms with Crippen LogP contribution in [-0.2, 0) is 18.2 Å². The van der Waals surface area contributed by atoms with Crippen molar-refractivity contribution in [2.45, 2.75) is 31.6 Å². The summed E-state index contributed by atoms with van der Waals surface area (Å²) in [6, 6.07) is 2.87. The number of allylic oxidation sites excluding steroid dienone is 2. The maximum absolute atomic E-state index is 14.8. The number of benzene rings is 1. The van der Waals surface area contributed by atoms with Gasteiger partial charge in [0.2, 0.25) is 18.7 Å². The van der Waals surface area contributed by atoms with Crippen molar-refractivity contribution in [2.24, 2.45) is 4.99 Å². The molecule has 29 heavy (non-hydrogen) atoms. The number of rotatable bonds is 6. The molecule has 4 atom stereocenters. The molecule has 1 heterocycles. The molecule has 1 aromatic rings. The number of hydrogen-bond acceptors (Lipinski definition) is 7. The van der Waals surface area contributed by atoms with Crippen molar-refractivity contribution in [3.63, 3.8) is 0 Å². The first-order chi connectivity index (χ1) is 13.4. The van der Waals surface area contributed by atoms with Crippen molar-refractivity contribution < 1.29 is 37.3 Å². The molecular weight excluding hydrogens is 423 g/mol. The molecule has 0 aromatic heterocycles. The highest BCUT2D eigenvalue weighted by Gasteiger charge is 2.65. The predicted octanol–water partition coefficient (Wildman–Crippen LogP) is 4.48. The monoisotopic (exact) mass is 447 g/mol. The maximum atomic E-state index is 14.8. The zero-order valence-corrected chi connectivity index (χ0v) is 18.3. The van der Waals surface area contributed by atoms with E-state index in [2.05, 4.69) is 11.7 Å². The van der Waals surface area contributed by atoms with Gasteiger partial charge in [-0.25, -0.2) is 4.39 Å². The standard InChI is InChI=1S/C18H24FNO7P2/c1-12(7-6-10-20-3)11-18(21)28(5,22)26-17(27-29(18,23)24)15-13(2)8-9-14(25-4)16(15)19/h6-10,17,21H,3,11H2,1-2,4-5H3,(H,23,24). The lowest BCUT2D eigenvalue weighted by Crippen LogP contribution is -2.36. The van der Waals surface area contributed by atoms with Crippen LogP contribution in [0.4, 0.5) is 4.39 Å². The van der Waals surface area contributed by atoms with Crippen molar-refractivity contribution in [1.82, 2.24) is 0 Å². The number of aliphatic hydroxyl groups is 1. The van der Waals surface area contributed by atoms with Crippen molar-refractivity contribution in [2.75, 3.05) is 13.8 Å². The predicted molar refractivity (Wildman–Crippen MR) is 108 cm³/mol. The fraction of sp³-hybridized carbons (Fsp3) is 0.389. The summed E-state index contributed by atoms with van der Waals surface area (Å²) in [6.07, 6.45) is 2.14. The van der Waals surface area contributed by atoms with E-state index in [9.17, 15) is 23.5 Å². The Morgan fingerprint density at radius 1 is 1.45 bits per heavy atom. The normalized spacial score (nSPS) is 33.1. The lowest BCUT2D eigenvalue weighted by Gasteiger charge is -2.43. The van der Waals surface area contributed by atoms with Crippen LogP contribution in [0.25, 0.3) is 0 Å². The Balaban J connectivity index is 2.48. The van der Waals surface area contributed by atoms with Crippen LogP contribution in [0.1, 0.15) is 30.8 Å². The maximum Gasteiger partial charge on any atom is 0.372 e. The number of aryl methyl sites for hydroxylation is 1. The van der Waals surface area contributed by atoms with Gasteiger partial charge < -0.3 is 14.7 Å². The average Bonchev–Trinajstić information content (AvgIpc) is 2.60. The third-order valence-electron chi connectivity index (χ3n) is 4.54. The Hall–Kier alpha value is -1.60. The molecule has 2 rings (SSSR count). The summed E-state index contributed by atoms with van der Waals surface area (Å²) in [5.41, 5.74) is 0.519. The number of ether oxygens (including phenoxy) is 1. The van der Waals surface area contributed by atoms with Gasteiger partial charge in [0, 0.05) is 19.3 Å². The topological polar surface area (TPSA) is 115 Å². The van der Waals surface area contributed by atoms with Crippen LogP contribution in [0.3, 0.4) is 0 Å². The summed E-state index contributed by atoms with van der Waals surface area (Å²) >= 11 is 0. The molecule has 160 valence electrons. The third-order valence-corrected chi connectivity index (χ3v) is 9.99. The van der Waals surface area contributed by atoms with E-state index in [0.29, 0.717) is 11.1 Å². The summed E-state index contributed by atoms with van der Waals surface area (Å²) in [6.45, 7) is 7.38. The molecule has 11 heteroatoms. The summed E-state index contributed by atoms with van der Waals surface area (Å²) in [5.74, 6) is -1.01. The Kier molecular flexibility index (Phi) is 7.05. The molecule has 1 aliphatic heterocycles. The largest absolute Gasteiger partial charge is 0.494 e. The lowest BCUT2D eigenvalue weighted by molar-refractivity contribution is -0.0463. The fourth-order valence-electron chi connectivity index (χ4n) is 2.90. The number of hydrogen-bond donors (Lipinski definition) is 2. The van der Waals surface area contributed by atoms with Gasteiger partial charge in [0.15, 0.2) is 11.6 Å². The zero-order chi connectivity index (χ0) is 22.0. The van der Waals surface area contributed by atoms with Crippen molar-refractivity contribution in [3.05, 3.63) is 53.0 Å². The Bertz CT molecular complexity index is 934. The fourth-order valence-corrected chi connectivity index (χ4v) is 7.33. The van der Waals surface area contributed by atoms with Gasteiger partial charge in [-0.2, -0.15) is 0 Å². The minimum atomic E-state index is -4.95. The number of halogens is 1. The van der Waals surface area contributed by atoms with Crippen LogP contribution in [0.5, 0.6) is 5.75 Å². The smallest absolute Gasteiger partial charge is 0.372 e. The molecule has 1 aromatic carbocycles. The number of methoxy groups -OCH3 is 1. The molecule has 0 saturated carbocycles. The van der Waals surface area contributed by atoms with E-state index in [1.54, 1.807) is 6.92 Å². The molecule has 8 nitrogen and oxygen atoms in total. The first-order valence-electron chi connectivity index (χ1n) is 8.51. The highest BCUT2D eigenvalue weighted by Crippen LogP contribution is 2.80. The second-order valence-electron chi connectivity index (χ2n) is 6.71. The van der Waals surface area contributed by atoms with E-state index in [1.807, 2.05) is 0 Å². The molecule has 0 radical (unpaired) electrons. The summed E-state index contributed by atoms with van der Waals surface area (Å²) in [4.78, 5) is 14.0. The molecule has 0 bridgehead atoms. The summed E-state index contributed by atoms with van der Waals surface area (Å²) in [5, 5.41) is 8.21. The van der Waals surface area contributed by atoms with Gasteiger partial charge in [0.25, 0.3) is 0 Å². The first kappa shape index (κ1) is 23.7. The van der Waals surface area contributed by atoms with Gasteiger partial charge in [0.1, 0.15) is 0 Å². The van der Waals surface area contributed by atoms with E-state index >= 15 is 0 Å². The van der Waals surface area contributed by atoms with Gasteiger partial charge >= 0.3 is 7.60 Å². The van der Waals surface area contributed by atoms with E-state index in [0.717, 1.165) is 6.66 Å². The van der Waals surface area contributed by atoms with Crippen LogP contribution < -0.4 is 4.74 Å². The summed E-state index contributed by atoms with van der Waals surface area (Å²) in [7, 11) is -7.89. The molecule has 1 fully saturated rings.